The maximum atomic E-state index is 12.2. The second-order valence-corrected chi connectivity index (χ2v) is 7.59. The van der Waals surface area contributed by atoms with E-state index >= 15 is 0 Å². The lowest BCUT2D eigenvalue weighted by atomic mass is 9.92. The van der Waals surface area contributed by atoms with Gasteiger partial charge in [-0.1, -0.05) is 19.3 Å². The lowest BCUT2D eigenvalue weighted by molar-refractivity contribution is 0.0212. The molecule has 0 radical (unpaired) electrons. The standard InChI is InChI=1S/C17H33NO3/c1-16(2,3)21-15(19)18-13-9-6-5-7-11-17(4,20)12-8-10-14-18/h20H,5-14H2,1-4H3. The average molecular weight is 299 g/mol. The zero-order valence-corrected chi connectivity index (χ0v) is 14.3. The van der Waals surface area contributed by atoms with Crippen LogP contribution in [0.5, 0.6) is 0 Å². The lowest BCUT2D eigenvalue weighted by Crippen LogP contribution is -2.38. The van der Waals surface area contributed by atoms with Gasteiger partial charge in [-0.15, -0.1) is 0 Å². The van der Waals surface area contributed by atoms with Crippen molar-refractivity contribution in [1.82, 2.24) is 4.90 Å². The van der Waals surface area contributed by atoms with E-state index in [1.807, 2.05) is 32.6 Å². The van der Waals surface area contributed by atoms with Crippen LogP contribution in [0.2, 0.25) is 0 Å². The van der Waals surface area contributed by atoms with Crippen molar-refractivity contribution in [3.63, 3.8) is 0 Å². The van der Waals surface area contributed by atoms with Gasteiger partial charge in [0.05, 0.1) is 5.60 Å². The van der Waals surface area contributed by atoms with Crippen LogP contribution in [-0.2, 0) is 4.74 Å². The average Bonchev–Trinajstić information content (AvgIpc) is 2.31. The topological polar surface area (TPSA) is 49.8 Å². The maximum Gasteiger partial charge on any atom is 0.410 e. The number of carbonyl (C=O) groups excluding carboxylic acids is 1. The number of nitrogens with zero attached hydrogens (tertiary/aromatic N) is 1. The molecule has 1 atom stereocenters. The molecule has 1 unspecified atom stereocenters. The summed E-state index contributed by atoms with van der Waals surface area (Å²) in [7, 11) is 0. The van der Waals surface area contributed by atoms with Gasteiger partial charge in [-0.2, -0.15) is 0 Å². The Morgan fingerprint density at radius 2 is 1.48 bits per heavy atom. The first-order valence-corrected chi connectivity index (χ1v) is 8.40. The molecule has 0 saturated carbocycles. The van der Waals surface area contributed by atoms with E-state index < -0.39 is 11.2 Å². The molecule has 1 amide bonds. The first kappa shape index (κ1) is 18.3. The zero-order valence-electron chi connectivity index (χ0n) is 14.3. The third kappa shape index (κ3) is 8.30. The minimum atomic E-state index is -0.546. The van der Waals surface area contributed by atoms with Crippen LogP contribution in [0.3, 0.4) is 0 Å². The minimum Gasteiger partial charge on any atom is -0.444 e. The number of carbonyl (C=O) groups is 1. The van der Waals surface area contributed by atoms with Crippen LogP contribution in [0.4, 0.5) is 4.79 Å². The predicted octanol–water partition coefficient (Wildman–Crippen LogP) is 4.11. The summed E-state index contributed by atoms with van der Waals surface area (Å²) in [6, 6.07) is 0. The summed E-state index contributed by atoms with van der Waals surface area (Å²) in [5.74, 6) is 0. The molecule has 0 aliphatic carbocycles. The Kier molecular flexibility index (Phi) is 6.98. The van der Waals surface area contributed by atoms with Gasteiger partial charge >= 0.3 is 6.09 Å². The molecule has 0 aromatic rings. The van der Waals surface area contributed by atoms with Gasteiger partial charge in [0.1, 0.15) is 5.60 Å². The van der Waals surface area contributed by atoms with Crippen LogP contribution in [-0.4, -0.2) is 40.4 Å². The predicted molar refractivity (Wildman–Crippen MR) is 85.4 cm³/mol. The Labute approximate surface area is 129 Å². The van der Waals surface area contributed by atoms with Crippen LogP contribution in [0.15, 0.2) is 0 Å². The fourth-order valence-corrected chi connectivity index (χ4v) is 2.72. The van der Waals surface area contributed by atoms with Gasteiger partial charge in [0.15, 0.2) is 0 Å². The quantitative estimate of drug-likeness (QED) is 0.732. The summed E-state index contributed by atoms with van der Waals surface area (Å²) in [6.45, 7) is 9.15. The molecule has 1 rings (SSSR count). The van der Waals surface area contributed by atoms with Crippen molar-refractivity contribution in [3.8, 4) is 0 Å². The molecule has 4 heteroatoms. The fraction of sp³-hybridized carbons (Fsp3) is 0.941. The van der Waals surface area contributed by atoms with Gasteiger partial charge < -0.3 is 14.7 Å². The summed E-state index contributed by atoms with van der Waals surface area (Å²) < 4.78 is 5.48. The molecule has 124 valence electrons. The van der Waals surface area contributed by atoms with Crippen LogP contribution >= 0.6 is 0 Å². The zero-order chi connectivity index (χ0) is 15.9. The van der Waals surface area contributed by atoms with Gasteiger partial charge in [-0.3, -0.25) is 0 Å². The van der Waals surface area contributed by atoms with Crippen LogP contribution in [0.1, 0.15) is 79.1 Å². The van der Waals surface area contributed by atoms with Crippen molar-refractivity contribution in [1.29, 1.82) is 0 Å². The Balaban J connectivity index is 2.54. The van der Waals surface area contributed by atoms with Crippen molar-refractivity contribution >= 4 is 6.09 Å². The summed E-state index contributed by atoms with van der Waals surface area (Å²) in [6.07, 6.45) is 7.69. The van der Waals surface area contributed by atoms with E-state index in [4.69, 9.17) is 4.74 Å². The Morgan fingerprint density at radius 3 is 2.05 bits per heavy atom. The molecule has 0 spiro atoms. The van der Waals surface area contributed by atoms with E-state index in [-0.39, 0.29) is 6.09 Å². The third-order valence-electron chi connectivity index (χ3n) is 3.94. The molecule has 1 fully saturated rings. The number of hydrogen-bond acceptors (Lipinski definition) is 3. The molecular formula is C17H33NO3. The highest BCUT2D eigenvalue weighted by atomic mass is 16.6. The minimum absolute atomic E-state index is 0.202. The number of aliphatic hydroxyl groups is 1. The smallest absolute Gasteiger partial charge is 0.410 e. The van der Waals surface area contributed by atoms with Crippen LogP contribution in [0, 0.1) is 0 Å². The molecular weight excluding hydrogens is 266 g/mol. The Morgan fingerprint density at radius 1 is 1.00 bits per heavy atom. The fourth-order valence-electron chi connectivity index (χ4n) is 2.72. The second kappa shape index (κ2) is 8.02. The van der Waals surface area contributed by atoms with E-state index in [1.54, 1.807) is 0 Å². The van der Waals surface area contributed by atoms with Crippen molar-refractivity contribution in [2.75, 3.05) is 13.1 Å². The summed E-state index contributed by atoms with van der Waals surface area (Å²) in [4.78, 5) is 14.0. The Bertz CT molecular complexity index is 320. The molecule has 1 aliphatic heterocycles. The lowest BCUT2D eigenvalue weighted by Gasteiger charge is -2.29. The van der Waals surface area contributed by atoms with Gasteiger partial charge in [0.25, 0.3) is 0 Å². The third-order valence-corrected chi connectivity index (χ3v) is 3.94. The molecule has 4 nitrogen and oxygen atoms in total. The molecule has 21 heavy (non-hydrogen) atoms. The van der Waals surface area contributed by atoms with Gasteiger partial charge in [0.2, 0.25) is 0 Å². The van der Waals surface area contributed by atoms with Crippen LogP contribution in [0.25, 0.3) is 0 Å². The number of hydrogen-bond donors (Lipinski definition) is 1. The van der Waals surface area contributed by atoms with E-state index in [0.717, 1.165) is 64.5 Å². The summed E-state index contributed by atoms with van der Waals surface area (Å²) in [5.41, 5.74) is -0.986. The van der Waals surface area contributed by atoms with Crippen molar-refractivity contribution in [2.45, 2.75) is 90.3 Å². The number of rotatable bonds is 0. The number of ether oxygens (including phenoxy) is 1. The Hall–Kier alpha value is -0.770. The maximum absolute atomic E-state index is 12.2. The second-order valence-electron chi connectivity index (χ2n) is 7.59. The highest BCUT2D eigenvalue weighted by molar-refractivity contribution is 5.68. The van der Waals surface area contributed by atoms with Gasteiger partial charge in [-0.25, -0.2) is 4.79 Å². The molecule has 0 bridgehead atoms. The summed E-state index contributed by atoms with van der Waals surface area (Å²) >= 11 is 0. The first-order chi connectivity index (χ1) is 9.70. The highest BCUT2D eigenvalue weighted by Crippen LogP contribution is 2.22. The molecule has 1 aliphatic rings. The van der Waals surface area contributed by atoms with Crippen LogP contribution < -0.4 is 0 Å². The highest BCUT2D eigenvalue weighted by Gasteiger charge is 2.23. The summed E-state index contributed by atoms with van der Waals surface area (Å²) in [5, 5.41) is 10.3. The number of amides is 1. The van der Waals surface area contributed by atoms with E-state index in [1.165, 1.54) is 0 Å². The molecule has 0 aromatic heterocycles. The van der Waals surface area contributed by atoms with E-state index in [9.17, 15) is 9.90 Å². The normalized spacial score (nSPS) is 26.6. The van der Waals surface area contributed by atoms with E-state index in [0.29, 0.717) is 0 Å². The van der Waals surface area contributed by atoms with Crippen molar-refractivity contribution in [2.24, 2.45) is 0 Å². The van der Waals surface area contributed by atoms with Gasteiger partial charge in [0, 0.05) is 13.1 Å². The molecule has 1 heterocycles. The monoisotopic (exact) mass is 299 g/mol. The largest absolute Gasteiger partial charge is 0.444 e. The first-order valence-electron chi connectivity index (χ1n) is 8.40. The SMILES string of the molecule is CC1(O)CCCCCCN(C(=O)OC(C)(C)C)CCCC1. The molecule has 1 saturated heterocycles. The molecule has 1 N–H and O–H groups in total. The van der Waals surface area contributed by atoms with Crippen molar-refractivity contribution in [3.05, 3.63) is 0 Å². The van der Waals surface area contributed by atoms with E-state index in [2.05, 4.69) is 0 Å². The molecule has 0 aromatic carbocycles. The van der Waals surface area contributed by atoms with Crippen molar-refractivity contribution < 1.29 is 14.6 Å². The van der Waals surface area contributed by atoms with Gasteiger partial charge in [-0.05, 0) is 59.8 Å².